The van der Waals surface area contributed by atoms with Crippen molar-refractivity contribution in [2.24, 2.45) is 0 Å². The molecule has 0 radical (unpaired) electrons. The molecular formula is C24H17ClF3N3OS. The SMILES string of the molecule is O=C(CSc1nc(-c2ccccc2)c(-c2ccccc2)[nH]1)Nc1ccc(Cl)cc1C(F)(F)F. The van der Waals surface area contributed by atoms with E-state index in [2.05, 4.69) is 15.3 Å². The zero-order valence-electron chi connectivity index (χ0n) is 17.0. The molecule has 0 saturated carbocycles. The van der Waals surface area contributed by atoms with Crippen LogP contribution in [0.3, 0.4) is 0 Å². The minimum absolute atomic E-state index is 0.0628. The summed E-state index contributed by atoms with van der Waals surface area (Å²) in [6.45, 7) is 0. The first-order valence-electron chi connectivity index (χ1n) is 9.81. The first-order valence-corrected chi connectivity index (χ1v) is 11.2. The summed E-state index contributed by atoms with van der Waals surface area (Å²) in [6.07, 6.45) is -4.64. The third-order valence-corrected chi connectivity index (χ3v) is 5.80. The molecule has 0 aliphatic heterocycles. The molecule has 1 heterocycles. The largest absolute Gasteiger partial charge is 0.418 e. The summed E-state index contributed by atoms with van der Waals surface area (Å²) >= 11 is 6.79. The number of nitrogens with zero attached hydrogens (tertiary/aromatic N) is 1. The number of hydrogen-bond donors (Lipinski definition) is 2. The van der Waals surface area contributed by atoms with Crippen molar-refractivity contribution in [3.05, 3.63) is 89.4 Å². The van der Waals surface area contributed by atoms with Crippen LogP contribution in [0.5, 0.6) is 0 Å². The highest BCUT2D eigenvalue weighted by atomic mass is 35.5. The van der Waals surface area contributed by atoms with Crippen LogP contribution < -0.4 is 5.32 Å². The number of carbonyl (C=O) groups excluding carboxylic acids is 1. The smallest absolute Gasteiger partial charge is 0.332 e. The Morgan fingerprint density at radius 3 is 2.24 bits per heavy atom. The van der Waals surface area contributed by atoms with Gasteiger partial charge in [0.2, 0.25) is 5.91 Å². The van der Waals surface area contributed by atoms with E-state index in [1.807, 2.05) is 60.7 Å². The zero-order valence-corrected chi connectivity index (χ0v) is 18.6. The quantitative estimate of drug-likeness (QED) is 0.284. The number of thioether (sulfide) groups is 1. The second-order valence-electron chi connectivity index (χ2n) is 7.02. The van der Waals surface area contributed by atoms with Crippen LogP contribution in [0, 0.1) is 0 Å². The Hall–Kier alpha value is -3.23. The molecule has 33 heavy (non-hydrogen) atoms. The molecule has 0 spiro atoms. The number of imidazole rings is 1. The number of alkyl halides is 3. The predicted octanol–water partition coefficient (Wildman–Crippen LogP) is 7.15. The van der Waals surface area contributed by atoms with Crippen LogP contribution in [0.1, 0.15) is 5.56 Å². The van der Waals surface area contributed by atoms with Gasteiger partial charge in [-0.25, -0.2) is 4.98 Å². The minimum Gasteiger partial charge on any atom is -0.332 e. The van der Waals surface area contributed by atoms with Gasteiger partial charge >= 0.3 is 6.18 Å². The van der Waals surface area contributed by atoms with Gasteiger partial charge in [-0.1, -0.05) is 84.0 Å². The topological polar surface area (TPSA) is 57.8 Å². The van der Waals surface area contributed by atoms with Crippen LogP contribution in [0.15, 0.2) is 84.0 Å². The molecule has 4 aromatic rings. The van der Waals surface area contributed by atoms with Crippen molar-refractivity contribution in [1.29, 1.82) is 0 Å². The molecule has 4 rings (SSSR count). The summed E-state index contributed by atoms with van der Waals surface area (Å²) in [5.41, 5.74) is 2.01. The average Bonchev–Trinajstić information content (AvgIpc) is 3.24. The van der Waals surface area contributed by atoms with Gasteiger partial charge in [0.25, 0.3) is 0 Å². The fourth-order valence-corrected chi connectivity index (χ4v) is 4.06. The number of hydrogen-bond acceptors (Lipinski definition) is 3. The Bertz CT molecular complexity index is 1200. The van der Waals surface area contributed by atoms with E-state index in [-0.39, 0.29) is 16.5 Å². The highest BCUT2D eigenvalue weighted by Gasteiger charge is 2.34. The third-order valence-electron chi connectivity index (χ3n) is 4.69. The predicted molar refractivity (Wildman–Crippen MR) is 125 cm³/mol. The summed E-state index contributed by atoms with van der Waals surface area (Å²) in [5, 5.41) is 2.74. The molecule has 0 aliphatic carbocycles. The molecule has 9 heteroatoms. The van der Waals surface area contributed by atoms with Gasteiger partial charge in [0.05, 0.1) is 28.4 Å². The Kier molecular flexibility index (Phi) is 6.76. The van der Waals surface area contributed by atoms with Gasteiger partial charge in [-0.15, -0.1) is 0 Å². The standard InChI is InChI=1S/C24H17ClF3N3OS/c25-17-11-12-19(18(13-17)24(26,27)28)29-20(32)14-33-23-30-21(15-7-3-1-4-8-15)22(31-23)16-9-5-2-6-10-16/h1-13H,14H2,(H,29,32)(H,30,31). The number of anilines is 1. The lowest BCUT2D eigenvalue weighted by Crippen LogP contribution is -2.18. The molecule has 3 aromatic carbocycles. The molecule has 0 atom stereocenters. The molecular weight excluding hydrogens is 471 g/mol. The van der Waals surface area contributed by atoms with E-state index < -0.39 is 17.6 Å². The fraction of sp³-hybridized carbons (Fsp3) is 0.0833. The molecule has 0 aliphatic rings. The number of nitrogens with one attached hydrogen (secondary N) is 2. The zero-order chi connectivity index (χ0) is 23.4. The summed E-state index contributed by atoms with van der Waals surface area (Å²) in [4.78, 5) is 20.3. The molecule has 168 valence electrons. The van der Waals surface area contributed by atoms with E-state index in [9.17, 15) is 18.0 Å². The van der Waals surface area contributed by atoms with E-state index in [0.29, 0.717) is 5.16 Å². The highest BCUT2D eigenvalue weighted by molar-refractivity contribution is 7.99. The van der Waals surface area contributed by atoms with Crippen molar-refractivity contribution in [2.75, 3.05) is 11.1 Å². The number of amides is 1. The molecule has 0 bridgehead atoms. The highest BCUT2D eigenvalue weighted by Crippen LogP contribution is 2.37. The van der Waals surface area contributed by atoms with Crippen molar-refractivity contribution in [2.45, 2.75) is 11.3 Å². The Balaban J connectivity index is 1.54. The Morgan fingerprint density at radius 1 is 0.970 bits per heavy atom. The van der Waals surface area contributed by atoms with E-state index in [4.69, 9.17) is 11.6 Å². The summed E-state index contributed by atoms with van der Waals surface area (Å²) in [7, 11) is 0. The lowest BCUT2D eigenvalue weighted by Gasteiger charge is -2.13. The molecule has 0 fully saturated rings. The number of benzene rings is 3. The lowest BCUT2D eigenvalue weighted by atomic mass is 10.1. The molecule has 1 amide bonds. The monoisotopic (exact) mass is 487 g/mol. The average molecular weight is 488 g/mol. The lowest BCUT2D eigenvalue weighted by molar-refractivity contribution is -0.137. The van der Waals surface area contributed by atoms with Gasteiger partial charge in [0.1, 0.15) is 0 Å². The third kappa shape index (κ3) is 5.58. The van der Waals surface area contributed by atoms with Gasteiger partial charge < -0.3 is 10.3 Å². The maximum absolute atomic E-state index is 13.3. The molecule has 4 nitrogen and oxygen atoms in total. The van der Waals surface area contributed by atoms with Crippen LogP contribution in [-0.4, -0.2) is 21.6 Å². The molecule has 2 N–H and O–H groups in total. The van der Waals surface area contributed by atoms with Gasteiger partial charge in [-0.05, 0) is 18.2 Å². The molecule has 0 saturated heterocycles. The summed E-state index contributed by atoms with van der Waals surface area (Å²) < 4.78 is 39.8. The van der Waals surface area contributed by atoms with Crippen molar-refractivity contribution >= 4 is 35.0 Å². The molecule has 0 unspecified atom stereocenters. The Labute approximate surface area is 197 Å². The maximum Gasteiger partial charge on any atom is 0.418 e. The van der Waals surface area contributed by atoms with Gasteiger partial charge in [-0.3, -0.25) is 4.79 Å². The van der Waals surface area contributed by atoms with E-state index in [0.717, 1.165) is 46.4 Å². The second-order valence-corrected chi connectivity index (χ2v) is 8.42. The van der Waals surface area contributed by atoms with E-state index in [1.165, 1.54) is 6.07 Å². The summed E-state index contributed by atoms with van der Waals surface area (Å²) in [5.74, 6) is -0.720. The van der Waals surface area contributed by atoms with Crippen LogP contribution in [0.25, 0.3) is 22.5 Å². The van der Waals surface area contributed by atoms with Crippen LogP contribution in [0.4, 0.5) is 18.9 Å². The van der Waals surface area contributed by atoms with Gasteiger partial charge in [0.15, 0.2) is 5.16 Å². The molecule has 1 aromatic heterocycles. The number of aromatic amines is 1. The fourth-order valence-electron chi connectivity index (χ4n) is 3.22. The van der Waals surface area contributed by atoms with Gasteiger partial charge in [0, 0.05) is 16.1 Å². The number of aromatic nitrogens is 2. The number of carbonyl (C=O) groups is 1. The van der Waals surface area contributed by atoms with Crippen molar-refractivity contribution in [1.82, 2.24) is 9.97 Å². The number of rotatable bonds is 6. The van der Waals surface area contributed by atoms with Crippen LogP contribution in [0.2, 0.25) is 5.02 Å². The first-order chi connectivity index (χ1) is 15.8. The van der Waals surface area contributed by atoms with Crippen LogP contribution >= 0.6 is 23.4 Å². The maximum atomic E-state index is 13.3. The van der Waals surface area contributed by atoms with E-state index >= 15 is 0 Å². The number of H-pyrrole nitrogens is 1. The summed E-state index contributed by atoms with van der Waals surface area (Å²) in [6, 6.07) is 22.4. The first kappa shape index (κ1) is 22.9. The van der Waals surface area contributed by atoms with Crippen LogP contribution in [-0.2, 0) is 11.0 Å². The Morgan fingerprint density at radius 2 is 1.61 bits per heavy atom. The van der Waals surface area contributed by atoms with Crippen molar-refractivity contribution in [3.63, 3.8) is 0 Å². The van der Waals surface area contributed by atoms with E-state index in [1.54, 1.807) is 0 Å². The minimum atomic E-state index is -4.64. The van der Waals surface area contributed by atoms with Crippen molar-refractivity contribution in [3.8, 4) is 22.5 Å². The number of halogens is 4. The normalized spacial score (nSPS) is 11.4. The second kappa shape index (κ2) is 9.72. The van der Waals surface area contributed by atoms with Gasteiger partial charge in [-0.2, -0.15) is 13.2 Å². The van der Waals surface area contributed by atoms with Crippen molar-refractivity contribution < 1.29 is 18.0 Å².